The topological polar surface area (TPSA) is 12.0 Å². The van der Waals surface area contributed by atoms with Crippen molar-refractivity contribution < 1.29 is 4.39 Å². The molecule has 1 N–H and O–H groups in total. The van der Waals surface area contributed by atoms with Gasteiger partial charge < -0.3 is 5.32 Å². The van der Waals surface area contributed by atoms with Crippen molar-refractivity contribution in [2.45, 2.75) is 32.7 Å². The summed E-state index contributed by atoms with van der Waals surface area (Å²) in [6, 6.07) is 7.57. The summed E-state index contributed by atoms with van der Waals surface area (Å²) in [6.45, 7) is 5.09. The molecule has 1 aromatic heterocycles. The summed E-state index contributed by atoms with van der Waals surface area (Å²) >= 11 is 1.72. The van der Waals surface area contributed by atoms with Crippen molar-refractivity contribution in [1.82, 2.24) is 5.32 Å². The number of halogens is 1. The SMILES string of the molecule is CCNC(Cc1ccsc1)Cc1cc(F)ccc1C. The molecule has 0 fully saturated rings. The third-order valence-electron chi connectivity index (χ3n) is 3.33. The minimum absolute atomic E-state index is 0.147. The fourth-order valence-corrected chi connectivity index (χ4v) is 3.01. The molecule has 0 aliphatic carbocycles. The van der Waals surface area contributed by atoms with Crippen LogP contribution in [0.1, 0.15) is 23.6 Å². The molecule has 0 saturated heterocycles. The van der Waals surface area contributed by atoms with Crippen LogP contribution in [0.3, 0.4) is 0 Å². The number of benzene rings is 1. The maximum atomic E-state index is 13.3. The van der Waals surface area contributed by atoms with E-state index in [0.29, 0.717) is 6.04 Å². The van der Waals surface area contributed by atoms with Crippen LogP contribution >= 0.6 is 11.3 Å². The number of rotatable bonds is 6. The largest absolute Gasteiger partial charge is 0.314 e. The lowest BCUT2D eigenvalue weighted by Gasteiger charge is -2.18. The zero-order valence-corrected chi connectivity index (χ0v) is 12.3. The average molecular weight is 277 g/mol. The Labute approximate surface area is 118 Å². The number of nitrogens with one attached hydrogen (secondary N) is 1. The molecule has 102 valence electrons. The van der Waals surface area contributed by atoms with E-state index < -0.39 is 0 Å². The third kappa shape index (κ3) is 4.15. The van der Waals surface area contributed by atoms with Gasteiger partial charge in [-0.1, -0.05) is 13.0 Å². The van der Waals surface area contributed by atoms with Gasteiger partial charge in [0.25, 0.3) is 0 Å². The van der Waals surface area contributed by atoms with Crippen LogP contribution in [0.25, 0.3) is 0 Å². The van der Waals surface area contributed by atoms with Gasteiger partial charge in [0.05, 0.1) is 0 Å². The minimum Gasteiger partial charge on any atom is -0.314 e. The van der Waals surface area contributed by atoms with E-state index in [0.717, 1.165) is 30.5 Å². The maximum absolute atomic E-state index is 13.3. The van der Waals surface area contributed by atoms with Gasteiger partial charge in [-0.3, -0.25) is 0 Å². The Morgan fingerprint density at radius 1 is 1.26 bits per heavy atom. The van der Waals surface area contributed by atoms with Crippen molar-refractivity contribution in [2.75, 3.05) is 6.54 Å². The molecule has 1 heterocycles. The molecule has 3 heteroatoms. The normalized spacial score (nSPS) is 12.6. The summed E-state index contributed by atoms with van der Waals surface area (Å²) in [6.07, 6.45) is 1.86. The molecule has 0 amide bonds. The van der Waals surface area contributed by atoms with Crippen molar-refractivity contribution in [2.24, 2.45) is 0 Å². The van der Waals surface area contributed by atoms with Crippen LogP contribution in [0.5, 0.6) is 0 Å². The highest BCUT2D eigenvalue weighted by molar-refractivity contribution is 7.07. The molecule has 1 atom stereocenters. The van der Waals surface area contributed by atoms with Crippen LogP contribution in [0.4, 0.5) is 4.39 Å². The van der Waals surface area contributed by atoms with Crippen molar-refractivity contribution in [1.29, 1.82) is 0 Å². The fraction of sp³-hybridized carbons (Fsp3) is 0.375. The summed E-state index contributed by atoms with van der Waals surface area (Å²) < 4.78 is 13.3. The van der Waals surface area contributed by atoms with Crippen molar-refractivity contribution in [3.8, 4) is 0 Å². The molecular weight excluding hydrogens is 257 g/mol. The Morgan fingerprint density at radius 3 is 2.79 bits per heavy atom. The van der Waals surface area contributed by atoms with Crippen molar-refractivity contribution in [3.05, 3.63) is 57.5 Å². The van der Waals surface area contributed by atoms with E-state index in [1.165, 1.54) is 11.6 Å². The predicted octanol–water partition coefficient (Wildman–Crippen LogP) is 3.96. The standard InChI is InChI=1S/C16H20FNS/c1-3-18-16(8-13-6-7-19-11-13)10-14-9-15(17)5-4-12(14)2/h4-7,9,11,16,18H,3,8,10H2,1-2H3. The van der Waals surface area contributed by atoms with Gasteiger partial charge in [0.2, 0.25) is 0 Å². The molecule has 2 rings (SSSR count). The van der Waals surface area contributed by atoms with Crippen LogP contribution in [-0.2, 0) is 12.8 Å². The van der Waals surface area contributed by atoms with Crippen LogP contribution in [0.2, 0.25) is 0 Å². The second kappa shape index (κ2) is 6.83. The molecule has 0 saturated carbocycles. The fourth-order valence-electron chi connectivity index (χ4n) is 2.32. The maximum Gasteiger partial charge on any atom is 0.123 e. The van der Waals surface area contributed by atoms with E-state index in [2.05, 4.69) is 29.1 Å². The second-order valence-electron chi connectivity index (χ2n) is 4.87. The first-order valence-corrected chi connectivity index (χ1v) is 7.62. The monoisotopic (exact) mass is 277 g/mol. The molecule has 1 aromatic carbocycles. The molecule has 1 unspecified atom stereocenters. The molecule has 1 nitrogen and oxygen atoms in total. The summed E-state index contributed by atoms with van der Waals surface area (Å²) in [5.74, 6) is -0.147. The number of hydrogen-bond donors (Lipinski definition) is 1. The lowest BCUT2D eigenvalue weighted by molar-refractivity contribution is 0.519. The van der Waals surface area contributed by atoms with E-state index in [1.54, 1.807) is 17.4 Å². The molecule has 0 aliphatic rings. The van der Waals surface area contributed by atoms with Crippen LogP contribution < -0.4 is 5.32 Å². The Balaban J connectivity index is 2.09. The van der Waals surface area contributed by atoms with Gasteiger partial charge in [0.1, 0.15) is 5.82 Å². The van der Waals surface area contributed by atoms with Gasteiger partial charge in [-0.25, -0.2) is 4.39 Å². The summed E-state index contributed by atoms with van der Waals surface area (Å²) in [7, 11) is 0. The van der Waals surface area contributed by atoms with Crippen LogP contribution in [0.15, 0.2) is 35.0 Å². The summed E-state index contributed by atoms with van der Waals surface area (Å²) in [5.41, 5.74) is 3.61. The highest BCUT2D eigenvalue weighted by Crippen LogP contribution is 2.16. The highest BCUT2D eigenvalue weighted by atomic mass is 32.1. The van der Waals surface area contributed by atoms with E-state index in [4.69, 9.17) is 0 Å². The van der Waals surface area contributed by atoms with Gasteiger partial charge in [-0.2, -0.15) is 11.3 Å². The van der Waals surface area contributed by atoms with E-state index in [1.807, 2.05) is 13.0 Å². The Morgan fingerprint density at radius 2 is 2.11 bits per heavy atom. The molecule has 19 heavy (non-hydrogen) atoms. The first-order valence-electron chi connectivity index (χ1n) is 6.68. The summed E-state index contributed by atoms with van der Waals surface area (Å²) in [4.78, 5) is 0. The second-order valence-corrected chi connectivity index (χ2v) is 5.65. The smallest absolute Gasteiger partial charge is 0.123 e. The Kier molecular flexibility index (Phi) is 5.11. The van der Waals surface area contributed by atoms with Crippen LogP contribution in [0, 0.1) is 12.7 Å². The molecule has 2 aromatic rings. The number of thiophene rings is 1. The molecule has 0 radical (unpaired) electrons. The molecule has 0 spiro atoms. The van der Waals surface area contributed by atoms with Crippen molar-refractivity contribution >= 4 is 11.3 Å². The first kappa shape index (κ1) is 14.2. The van der Waals surface area contributed by atoms with Crippen molar-refractivity contribution in [3.63, 3.8) is 0 Å². The predicted molar refractivity (Wildman–Crippen MR) is 80.3 cm³/mol. The minimum atomic E-state index is -0.147. The summed E-state index contributed by atoms with van der Waals surface area (Å²) in [5, 5.41) is 7.78. The lowest BCUT2D eigenvalue weighted by Crippen LogP contribution is -2.33. The number of aryl methyl sites for hydroxylation is 1. The van der Waals surface area contributed by atoms with E-state index >= 15 is 0 Å². The van der Waals surface area contributed by atoms with E-state index in [-0.39, 0.29) is 5.82 Å². The Bertz CT molecular complexity index is 507. The Hall–Kier alpha value is -1.19. The number of likely N-dealkylation sites (N-methyl/N-ethyl adjacent to an activating group) is 1. The third-order valence-corrected chi connectivity index (χ3v) is 4.06. The zero-order valence-electron chi connectivity index (χ0n) is 11.4. The van der Waals surface area contributed by atoms with E-state index in [9.17, 15) is 4.39 Å². The van der Waals surface area contributed by atoms with Gasteiger partial charge >= 0.3 is 0 Å². The lowest BCUT2D eigenvalue weighted by atomic mass is 9.97. The zero-order chi connectivity index (χ0) is 13.7. The number of hydrogen-bond acceptors (Lipinski definition) is 2. The molecule has 0 bridgehead atoms. The highest BCUT2D eigenvalue weighted by Gasteiger charge is 2.12. The first-order chi connectivity index (χ1) is 9.19. The van der Waals surface area contributed by atoms with Gasteiger partial charge in [-0.05, 0) is 72.0 Å². The average Bonchev–Trinajstić information content (AvgIpc) is 2.87. The van der Waals surface area contributed by atoms with Gasteiger partial charge in [0, 0.05) is 6.04 Å². The van der Waals surface area contributed by atoms with Crippen LogP contribution in [-0.4, -0.2) is 12.6 Å². The quantitative estimate of drug-likeness (QED) is 0.842. The molecule has 0 aliphatic heterocycles. The van der Waals surface area contributed by atoms with Gasteiger partial charge in [-0.15, -0.1) is 0 Å². The molecular formula is C16H20FNS. The van der Waals surface area contributed by atoms with Gasteiger partial charge in [0.15, 0.2) is 0 Å².